The van der Waals surface area contributed by atoms with E-state index in [2.05, 4.69) is 4.98 Å². The SMILES string of the molecule is Nc1ncccc1CN1CCC=C(F)C1. The van der Waals surface area contributed by atoms with Gasteiger partial charge in [-0.2, -0.15) is 0 Å². The van der Waals surface area contributed by atoms with Gasteiger partial charge in [-0.25, -0.2) is 9.37 Å². The third-order valence-corrected chi connectivity index (χ3v) is 2.51. The Hall–Kier alpha value is -1.42. The molecule has 2 N–H and O–H groups in total. The summed E-state index contributed by atoms with van der Waals surface area (Å²) in [4.78, 5) is 6.04. The van der Waals surface area contributed by atoms with Crippen LogP contribution in [0.25, 0.3) is 0 Å². The summed E-state index contributed by atoms with van der Waals surface area (Å²) in [5, 5.41) is 0. The van der Waals surface area contributed by atoms with Crippen molar-refractivity contribution >= 4 is 5.82 Å². The van der Waals surface area contributed by atoms with E-state index in [0.717, 1.165) is 18.5 Å². The average Bonchev–Trinajstić information content (AvgIpc) is 2.22. The van der Waals surface area contributed by atoms with Crippen molar-refractivity contribution in [1.29, 1.82) is 0 Å². The molecule has 0 fully saturated rings. The molecule has 0 spiro atoms. The molecule has 15 heavy (non-hydrogen) atoms. The Morgan fingerprint density at radius 2 is 2.40 bits per heavy atom. The predicted octanol–water partition coefficient (Wildman–Crippen LogP) is 1.72. The molecule has 0 atom stereocenters. The third-order valence-electron chi connectivity index (χ3n) is 2.51. The van der Waals surface area contributed by atoms with Gasteiger partial charge in [0, 0.05) is 24.8 Å². The lowest BCUT2D eigenvalue weighted by molar-refractivity contribution is 0.259. The quantitative estimate of drug-likeness (QED) is 0.803. The van der Waals surface area contributed by atoms with Crippen LogP contribution in [-0.2, 0) is 6.54 Å². The van der Waals surface area contributed by atoms with Gasteiger partial charge in [0.15, 0.2) is 0 Å². The van der Waals surface area contributed by atoms with Crippen LogP contribution in [0.2, 0.25) is 0 Å². The van der Waals surface area contributed by atoms with Gasteiger partial charge < -0.3 is 5.73 Å². The second-order valence-electron chi connectivity index (χ2n) is 3.70. The van der Waals surface area contributed by atoms with Gasteiger partial charge in [-0.15, -0.1) is 0 Å². The van der Waals surface area contributed by atoms with Crippen molar-refractivity contribution < 1.29 is 4.39 Å². The highest BCUT2D eigenvalue weighted by atomic mass is 19.1. The Balaban J connectivity index is 2.03. The topological polar surface area (TPSA) is 42.1 Å². The van der Waals surface area contributed by atoms with E-state index in [1.165, 1.54) is 0 Å². The standard InChI is InChI=1S/C11H14FN3/c12-10-4-2-6-15(8-10)7-9-3-1-5-14-11(9)13/h1,3-5H,2,6-8H2,(H2,13,14). The number of halogens is 1. The summed E-state index contributed by atoms with van der Waals surface area (Å²) in [5.41, 5.74) is 6.69. The van der Waals surface area contributed by atoms with E-state index in [1.807, 2.05) is 17.0 Å². The summed E-state index contributed by atoms with van der Waals surface area (Å²) in [6, 6.07) is 3.78. The van der Waals surface area contributed by atoms with Crippen molar-refractivity contribution in [2.45, 2.75) is 13.0 Å². The van der Waals surface area contributed by atoms with Crippen molar-refractivity contribution in [2.75, 3.05) is 18.8 Å². The molecule has 4 heteroatoms. The van der Waals surface area contributed by atoms with E-state index in [4.69, 9.17) is 5.73 Å². The molecule has 0 amide bonds. The molecule has 3 nitrogen and oxygen atoms in total. The third kappa shape index (κ3) is 2.53. The summed E-state index contributed by atoms with van der Waals surface area (Å²) in [6.45, 7) is 1.93. The minimum Gasteiger partial charge on any atom is -0.383 e. The first-order chi connectivity index (χ1) is 7.25. The van der Waals surface area contributed by atoms with Crippen molar-refractivity contribution in [3.8, 4) is 0 Å². The molecular formula is C11H14FN3. The molecular weight excluding hydrogens is 193 g/mol. The number of pyridine rings is 1. The van der Waals surface area contributed by atoms with Crippen molar-refractivity contribution in [3.63, 3.8) is 0 Å². The van der Waals surface area contributed by atoms with Crippen LogP contribution in [-0.4, -0.2) is 23.0 Å². The normalized spacial score (nSPS) is 17.5. The van der Waals surface area contributed by atoms with Crippen LogP contribution in [0.15, 0.2) is 30.2 Å². The Kier molecular flexibility index (Phi) is 2.97. The van der Waals surface area contributed by atoms with Crippen LogP contribution in [0.3, 0.4) is 0 Å². The fourth-order valence-electron chi connectivity index (χ4n) is 1.72. The number of nitrogens with zero attached hydrogens (tertiary/aromatic N) is 2. The molecule has 2 rings (SSSR count). The molecule has 0 bridgehead atoms. The van der Waals surface area contributed by atoms with Crippen molar-refractivity contribution in [3.05, 3.63) is 35.8 Å². The lowest BCUT2D eigenvalue weighted by Crippen LogP contribution is -2.28. The molecule has 0 aromatic carbocycles. The average molecular weight is 207 g/mol. The first-order valence-electron chi connectivity index (χ1n) is 5.02. The molecule has 0 unspecified atom stereocenters. The first kappa shape index (κ1) is 10.1. The number of hydrogen-bond acceptors (Lipinski definition) is 3. The van der Waals surface area contributed by atoms with Gasteiger partial charge >= 0.3 is 0 Å². The molecule has 1 aromatic heterocycles. The van der Waals surface area contributed by atoms with E-state index in [-0.39, 0.29) is 5.83 Å². The zero-order chi connectivity index (χ0) is 10.7. The van der Waals surface area contributed by atoms with E-state index < -0.39 is 0 Å². The van der Waals surface area contributed by atoms with E-state index in [0.29, 0.717) is 18.9 Å². The molecule has 1 aliphatic heterocycles. The molecule has 2 heterocycles. The van der Waals surface area contributed by atoms with Crippen molar-refractivity contribution in [2.24, 2.45) is 0 Å². The van der Waals surface area contributed by atoms with E-state index >= 15 is 0 Å². The summed E-state index contributed by atoms with van der Waals surface area (Å²) in [6.07, 6.45) is 4.07. The summed E-state index contributed by atoms with van der Waals surface area (Å²) < 4.78 is 13.0. The Morgan fingerprint density at radius 1 is 1.53 bits per heavy atom. The first-order valence-corrected chi connectivity index (χ1v) is 5.02. The predicted molar refractivity (Wildman–Crippen MR) is 57.7 cm³/mol. The number of aromatic nitrogens is 1. The molecule has 0 saturated carbocycles. The number of rotatable bonds is 2. The minimum absolute atomic E-state index is 0.0521. The lowest BCUT2D eigenvalue weighted by atomic mass is 10.2. The molecule has 1 aliphatic rings. The zero-order valence-corrected chi connectivity index (χ0v) is 8.49. The smallest absolute Gasteiger partial charge is 0.127 e. The molecule has 0 saturated heterocycles. The number of anilines is 1. The van der Waals surface area contributed by atoms with Crippen molar-refractivity contribution in [1.82, 2.24) is 9.88 Å². The highest BCUT2D eigenvalue weighted by Crippen LogP contribution is 2.16. The van der Waals surface area contributed by atoms with Crippen LogP contribution in [0.5, 0.6) is 0 Å². The van der Waals surface area contributed by atoms with E-state index in [9.17, 15) is 4.39 Å². The van der Waals surface area contributed by atoms with Crippen LogP contribution in [0.4, 0.5) is 10.2 Å². The lowest BCUT2D eigenvalue weighted by Gasteiger charge is -2.24. The van der Waals surface area contributed by atoms with Gasteiger partial charge in [0.05, 0.1) is 6.54 Å². The van der Waals surface area contributed by atoms with Crippen LogP contribution >= 0.6 is 0 Å². The molecule has 80 valence electrons. The van der Waals surface area contributed by atoms with Gasteiger partial charge in [0.25, 0.3) is 0 Å². The molecule has 1 aromatic rings. The van der Waals surface area contributed by atoms with Gasteiger partial charge in [-0.3, -0.25) is 4.90 Å². The van der Waals surface area contributed by atoms with Crippen LogP contribution in [0, 0.1) is 0 Å². The highest BCUT2D eigenvalue weighted by Gasteiger charge is 2.13. The molecule has 0 radical (unpaired) electrons. The summed E-state index contributed by atoms with van der Waals surface area (Å²) in [5.74, 6) is 0.483. The second-order valence-corrected chi connectivity index (χ2v) is 3.70. The summed E-state index contributed by atoms with van der Waals surface area (Å²) in [7, 11) is 0. The Bertz CT molecular complexity index is 376. The van der Waals surface area contributed by atoms with E-state index in [1.54, 1.807) is 12.3 Å². The zero-order valence-electron chi connectivity index (χ0n) is 8.49. The maximum Gasteiger partial charge on any atom is 0.127 e. The van der Waals surface area contributed by atoms with Crippen LogP contribution < -0.4 is 5.73 Å². The fourth-order valence-corrected chi connectivity index (χ4v) is 1.72. The van der Waals surface area contributed by atoms with Gasteiger partial charge in [-0.1, -0.05) is 12.1 Å². The Labute approximate surface area is 88.4 Å². The monoisotopic (exact) mass is 207 g/mol. The number of hydrogen-bond donors (Lipinski definition) is 1. The fraction of sp³-hybridized carbons (Fsp3) is 0.364. The van der Waals surface area contributed by atoms with Gasteiger partial charge in [-0.05, 0) is 12.5 Å². The minimum atomic E-state index is -0.0521. The maximum absolute atomic E-state index is 13.0. The van der Waals surface area contributed by atoms with Gasteiger partial charge in [0.1, 0.15) is 11.6 Å². The largest absolute Gasteiger partial charge is 0.383 e. The molecule has 0 aliphatic carbocycles. The second kappa shape index (κ2) is 4.40. The van der Waals surface area contributed by atoms with Gasteiger partial charge in [0.2, 0.25) is 0 Å². The highest BCUT2D eigenvalue weighted by molar-refractivity contribution is 5.38. The van der Waals surface area contributed by atoms with Crippen LogP contribution in [0.1, 0.15) is 12.0 Å². The Morgan fingerprint density at radius 3 is 3.13 bits per heavy atom. The number of nitrogen functional groups attached to an aromatic ring is 1. The summed E-state index contributed by atoms with van der Waals surface area (Å²) >= 11 is 0. The number of nitrogens with two attached hydrogens (primary N) is 1. The maximum atomic E-state index is 13.0.